The SMILES string of the molecule is COc1cc(CC(N)C2CCC2)ncn1. The second-order valence-electron chi connectivity index (χ2n) is 4.11. The summed E-state index contributed by atoms with van der Waals surface area (Å²) in [4.78, 5) is 8.17. The average Bonchev–Trinajstić information content (AvgIpc) is 2.15. The molecule has 1 saturated carbocycles. The molecule has 0 bridgehead atoms. The van der Waals surface area contributed by atoms with Gasteiger partial charge in [-0.15, -0.1) is 0 Å². The van der Waals surface area contributed by atoms with Crippen molar-refractivity contribution < 1.29 is 4.74 Å². The fourth-order valence-electron chi connectivity index (χ4n) is 1.88. The van der Waals surface area contributed by atoms with Crippen LogP contribution in [0.15, 0.2) is 12.4 Å². The Labute approximate surface area is 89.9 Å². The molecule has 1 atom stereocenters. The minimum Gasteiger partial charge on any atom is -0.481 e. The minimum atomic E-state index is 0.235. The maximum atomic E-state index is 6.10. The molecular formula is C11H17N3O. The number of aromatic nitrogens is 2. The van der Waals surface area contributed by atoms with Crippen LogP contribution < -0.4 is 10.5 Å². The molecule has 82 valence electrons. The Morgan fingerprint density at radius 1 is 1.53 bits per heavy atom. The molecule has 4 heteroatoms. The van der Waals surface area contributed by atoms with Crippen LogP contribution in [0.4, 0.5) is 0 Å². The van der Waals surface area contributed by atoms with Gasteiger partial charge in [0, 0.05) is 24.2 Å². The van der Waals surface area contributed by atoms with Crippen molar-refractivity contribution in [3.63, 3.8) is 0 Å². The molecule has 2 rings (SSSR count). The number of nitrogens with two attached hydrogens (primary N) is 1. The van der Waals surface area contributed by atoms with E-state index in [0.29, 0.717) is 11.8 Å². The molecule has 1 aromatic heterocycles. The van der Waals surface area contributed by atoms with Crippen LogP contribution in [0, 0.1) is 5.92 Å². The molecule has 4 nitrogen and oxygen atoms in total. The van der Waals surface area contributed by atoms with Gasteiger partial charge in [-0.25, -0.2) is 9.97 Å². The first kappa shape index (κ1) is 10.4. The molecule has 0 spiro atoms. The lowest BCUT2D eigenvalue weighted by Gasteiger charge is -2.31. The lowest BCUT2D eigenvalue weighted by Crippen LogP contribution is -2.36. The van der Waals surface area contributed by atoms with E-state index in [1.807, 2.05) is 6.07 Å². The van der Waals surface area contributed by atoms with Crippen LogP contribution in [0.25, 0.3) is 0 Å². The summed E-state index contributed by atoms with van der Waals surface area (Å²) in [5, 5.41) is 0. The van der Waals surface area contributed by atoms with Crippen molar-refractivity contribution in [1.29, 1.82) is 0 Å². The summed E-state index contributed by atoms with van der Waals surface area (Å²) in [6.07, 6.45) is 6.21. The Kier molecular flexibility index (Phi) is 3.16. The number of nitrogens with zero attached hydrogens (tertiary/aromatic N) is 2. The normalized spacial score (nSPS) is 18.3. The van der Waals surface area contributed by atoms with Crippen molar-refractivity contribution in [3.05, 3.63) is 18.1 Å². The molecule has 0 saturated heterocycles. The molecule has 1 aromatic rings. The fraction of sp³-hybridized carbons (Fsp3) is 0.636. The van der Waals surface area contributed by atoms with Crippen LogP contribution in [0.5, 0.6) is 5.88 Å². The number of methoxy groups -OCH3 is 1. The highest BCUT2D eigenvalue weighted by atomic mass is 16.5. The van der Waals surface area contributed by atoms with Gasteiger partial charge in [0.15, 0.2) is 0 Å². The first-order valence-electron chi connectivity index (χ1n) is 5.40. The monoisotopic (exact) mass is 207 g/mol. The van der Waals surface area contributed by atoms with Crippen LogP contribution in [0.1, 0.15) is 25.0 Å². The Bertz CT molecular complexity index is 325. The minimum absolute atomic E-state index is 0.235. The van der Waals surface area contributed by atoms with Crippen LogP contribution in [-0.2, 0) is 6.42 Å². The fourth-order valence-corrected chi connectivity index (χ4v) is 1.88. The lowest BCUT2D eigenvalue weighted by molar-refractivity contribution is 0.259. The van der Waals surface area contributed by atoms with Crippen LogP contribution >= 0.6 is 0 Å². The summed E-state index contributed by atoms with van der Waals surface area (Å²) in [6.45, 7) is 0. The smallest absolute Gasteiger partial charge is 0.216 e. The molecule has 2 N–H and O–H groups in total. The van der Waals surface area contributed by atoms with E-state index in [0.717, 1.165) is 12.1 Å². The summed E-state index contributed by atoms with van der Waals surface area (Å²) in [7, 11) is 1.61. The lowest BCUT2D eigenvalue weighted by atomic mass is 9.78. The second kappa shape index (κ2) is 4.57. The summed E-state index contributed by atoms with van der Waals surface area (Å²) < 4.78 is 5.05. The van der Waals surface area contributed by atoms with Crippen LogP contribution in [-0.4, -0.2) is 23.1 Å². The van der Waals surface area contributed by atoms with E-state index >= 15 is 0 Å². The van der Waals surface area contributed by atoms with Crippen molar-refractivity contribution in [2.24, 2.45) is 11.7 Å². The van der Waals surface area contributed by atoms with Gasteiger partial charge in [0.1, 0.15) is 6.33 Å². The van der Waals surface area contributed by atoms with Gasteiger partial charge in [0.05, 0.1) is 7.11 Å². The average molecular weight is 207 g/mol. The Morgan fingerprint density at radius 3 is 2.93 bits per heavy atom. The molecule has 0 radical (unpaired) electrons. The standard InChI is InChI=1S/C11H17N3O/c1-15-11-6-9(13-7-14-11)5-10(12)8-3-2-4-8/h6-8,10H,2-5,12H2,1H3. The van der Waals surface area contributed by atoms with Gasteiger partial charge in [-0.2, -0.15) is 0 Å². The van der Waals surface area contributed by atoms with Crippen LogP contribution in [0.2, 0.25) is 0 Å². The van der Waals surface area contributed by atoms with Gasteiger partial charge >= 0.3 is 0 Å². The highest BCUT2D eigenvalue weighted by Gasteiger charge is 2.24. The van der Waals surface area contributed by atoms with E-state index in [4.69, 9.17) is 10.5 Å². The topological polar surface area (TPSA) is 61.0 Å². The van der Waals surface area contributed by atoms with E-state index in [1.165, 1.54) is 25.6 Å². The van der Waals surface area contributed by atoms with Crippen molar-refractivity contribution in [2.45, 2.75) is 31.7 Å². The molecule has 1 unspecified atom stereocenters. The summed E-state index contributed by atoms with van der Waals surface area (Å²) in [5.41, 5.74) is 7.07. The van der Waals surface area contributed by atoms with Gasteiger partial charge in [0.2, 0.25) is 5.88 Å². The van der Waals surface area contributed by atoms with Gasteiger partial charge < -0.3 is 10.5 Å². The molecule has 1 aliphatic carbocycles. The first-order valence-corrected chi connectivity index (χ1v) is 5.40. The zero-order valence-electron chi connectivity index (χ0n) is 9.02. The van der Waals surface area contributed by atoms with Crippen molar-refractivity contribution >= 4 is 0 Å². The van der Waals surface area contributed by atoms with Gasteiger partial charge in [-0.1, -0.05) is 6.42 Å². The maximum absolute atomic E-state index is 6.10. The Hall–Kier alpha value is -1.16. The van der Waals surface area contributed by atoms with E-state index in [1.54, 1.807) is 7.11 Å². The maximum Gasteiger partial charge on any atom is 0.216 e. The van der Waals surface area contributed by atoms with Crippen molar-refractivity contribution in [1.82, 2.24) is 9.97 Å². The van der Waals surface area contributed by atoms with E-state index in [-0.39, 0.29) is 6.04 Å². The molecule has 1 aliphatic rings. The van der Waals surface area contributed by atoms with Gasteiger partial charge in [-0.05, 0) is 18.8 Å². The summed E-state index contributed by atoms with van der Waals surface area (Å²) in [5.74, 6) is 1.30. The molecule has 1 heterocycles. The molecule has 0 aromatic carbocycles. The first-order chi connectivity index (χ1) is 7.29. The largest absolute Gasteiger partial charge is 0.481 e. The predicted molar refractivity (Wildman–Crippen MR) is 57.6 cm³/mol. The summed E-state index contributed by atoms with van der Waals surface area (Å²) in [6, 6.07) is 2.09. The summed E-state index contributed by atoms with van der Waals surface area (Å²) >= 11 is 0. The zero-order chi connectivity index (χ0) is 10.7. The molecule has 15 heavy (non-hydrogen) atoms. The third kappa shape index (κ3) is 2.45. The molecule has 1 fully saturated rings. The second-order valence-corrected chi connectivity index (χ2v) is 4.11. The van der Waals surface area contributed by atoms with Gasteiger partial charge in [-0.3, -0.25) is 0 Å². The van der Waals surface area contributed by atoms with Crippen molar-refractivity contribution in [2.75, 3.05) is 7.11 Å². The number of ether oxygens (including phenoxy) is 1. The Balaban J connectivity index is 1.96. The van der Waals surface area contributed by atoms with E-state index < -0.39 is 0 Å². The van der Waals surface area contributed by atoms with E-state index in [2.05, 4.69) is 9.97 Å². The zero-order valence-corrected chi connectivity index (χ0v) is 9.02. The van der Waals surface area contributed by atoms with E-state index in [9.17, 15) is 0 Å². The molecular weight excluding hydrogens is 190 g/mol. The molecule has 0 amide bonds. The van der Waals surface area contributed by atoms with Crippen LogP contribution in [0.3, 0.4) is 0 Å². The number of hydrogen-bond donors (Lipinski definition) is 1. The highest BCUT2D eigenvalue weighted by Crippen LogP contribution is 2.29. The third-order valence-corrected chi connectivity index (χ3v) is 3.11. The quantitative estimate of drug-likeness (QED) is 0.804. The number of hydrogen-bond acceptors (Lipinski definition) is 4. The van der Waals surface area contributed by atoms with Gasteiger partial charge in [0.25, 0.3) is 0 Å². The molecule has 0 aliphatic heterocycles. The third-order valence-electron chi connectivity index (χ3n) is 3.11. The van der Waals surface area contributed by atoms with Crippen molar-refractivity contribution in [3.8, 4) is 5.88 Å². The highest BCUT2D eigenvalue weighted by molar-refractivity contribution is 5.14. The predicted octanol–water partition coefficient (Wildman–Crippen LogP) is 1.16. The Morgan fingerprint density at radius 2 is 2.33 bits per heavy atom. The number of rotatable bonds is 4.